The highest BCUT2D eigenvalue weighted by Crippen LogP contribution is 2.29. The van der Waals surface area contributed by atoms with Crippen molar-refractivity contribution in [3.8, 4) is 16.3 Å². The normalized spacial score (nSPS) is 12.3. The first-order valence-corrected chi connectivity index (χ1v) is 11.8. The molecule has 0 aliphatic carbocycles. The second-order valence-electron chi connectivity index (χ2n) is 6.34. The Balaban J connectivity index is 1.81. The van der Waals surface area contributed by atoms with Crippen LogP contribution in [-0.4, -0.2) is 43.9 Å². The molecule has 0 saturated heterocycles. The molecule has 0 spiro atoms. The number of amides is 1. The number of halogens is 1. The number of carbonyl (C=O) groups excluding carboxylic acids is 1. The predicted octanol–water partition coefficient (Wildman–Crippen LogP) is 3.66. The van der Waals surface area contributed by atoms with E-state index in [4.69, 9.17) is 16.3 Å². The van der Waals surface area contributed by atoms with Crippen molar-refractivity contribution < 1.29 is 17.9 Å². The minimum atomic E-state index is -3.75. The molecule has 3 aromatic rings. The van der Waals surface area contributed by atoms with Gasteiger partial charge in [0.15, 0.2) is 0 Å². The van der Waals surface area contributed by atoms with Crippen LogP contribution in [-0.2, 0) is 14.8 Å². The van der Waals surface area contributed by atoms with E-state index in [-0.39, 0.29) is 5.13 Å². The third-order valence-corrected chi connectivity index (χ3v) is 6.52. The van der Waals surface area contributed by atoms with Crippen LogP contribution >= 0.6 is 22.9 Å². The largest absolute Gasteiger partial charge is 0.497 e. The maximum Gasteiger partial charge on any atom is 0.249 e. The van der Waals surface area contributed by atoms with Gasteiger partial charge in [0.05, 0.1) is 19.1 Å². The first kappa shape index (κ1) is 22.0. The second-order valence-corrected chi connectivity index (χ2v) is 9.62. The Bertz CT molecular complexity index is 1150. The van der Waals surface area contributed by atoms with Gasteiger partial charge in [0.1, 0.15) is 16.8 Å². The third-order valence-electron chi connectivity index (χ3n) is 4.14. The Morgan fingerprint density at radius 3 is 2.53 bits per heavy atom. The molecule has 1 N–H and O–H groups in total. The highest BCUT2D eigenvalue weighted by molar-refractivity contribution is 7.92. The van der Waals surface area contributed by atoms with E-state index >= 15 is 0 Å². The van der Waals surface area contributed by atoms with Crippen LogP contribution in [0.15, 0.2) is 48.5 Å². The number of hydrogen-bond donors (Lipinski definition) is 1. The van der Waals surface area contributed by atoms with Crippen molar-refractivity contribution in [2.75, 3.05) is 23.0 Å². The molecular weight excluding hydrogens is 448 g/mol. The first-order chi connectivity index (χ1) is 14.2. The number of methoxy groups -OCH3 is 1. The topological polar surface area (TPSA) is 101 Å². The van der Waals surface area contributed by atoms with Gasteiger partial charge in [0, 0.05) is 16.7 Å². The number of ether oxygens (including phenoxy) is 1. The van der Waals surface area contributed by atoms with Crippen molar-refractivity contribution in [1.82, 2.24) is 10.2 Å². The quantitative estimate of drug-likeness (QED) is 0.570. The predicted molar refractivity (Wildman–Crippen MR) is 119 cm³/mol. The van der Waals surface area contributed by atoms with Gasteiger partial charge >= 0.3 is 0 Å². The van der Waals surface area contributed by atoms with Gasteiger partial charge < -0.3 is 4.74 Å². The van der Waals surface area contributed by atoms with Crippen LogP contribution in [0, 0.1) is 0 Å². The number of nitrogens with zero attached hydrogens (tertiary/aromatic N) is 3. The number of nitrogens with one attached hydrogen (secondary N) is 1. The summed E-state index contributed by atoms with van der Waals surface area (Å²) in [6.07, 6.45) is 1.04. The monoisotopic (exact) mass is 466 g/mol. The average Bonchev–Trinajstić information content (AvgIpc) is 3.16. The lowest BCUT2D eigenvalue weighted by atomic mass is 10.2. The van der Waals surface area contributed by atoms with Gasteiger partial charge in [-0.3, -0.25) is 14.4 Å². The van der Waals surface area contributed by atoms with Gasteiger partial charge in [-0.2, -0.15) is 0 Å². The Morgan fingerprint density at radius 2 is 1.90 bits per heavy atom. The lowest BCUT2D eigenvalue weighted by molar-refractivity contribution is -0.116. The Morgan fingerprint density at radius 1 is 1.20 bits per heavy atom. The fraction of sp³-hybridized carbons (Fsp3) is 0.211. The van der Waals surface area contributed by atoms with Crippen molar-refractivity contribution in [2.45, 2.75) is 13.0 Å². The van der Waals surface area contributed by atoms with E-state index in [0.29, 0.717) is 21.5 Å². The molecule has 11 heteroatoms. The van der Waals surface area contributed by atoms with Crippen molar-refractivity contribution in [3.05, 3.63) is 53.6 Å². The molecule has 0 radical (unpaired) electrons. The number of sulfonamides is 1. The maximum absolute atomic E-state index is 12.8. The summed E-state index contributed by atoms with van der Waals surface area (Å²) in [4.78, 5) is 12.8. The van der Waals surface area contributed by atoms with Gasteiger partial charge in [-0.15, -0.1) is 10.2 Å². The molecule has 30 heavy (non-hydrogen) atoms. The van der Waals surface area contributed by atoms with Gasteiger partial charge in [-0.25, -0.2) is 8.42 Å². The van der Waals surface area contributed by atoms with Crippen LogP contribution in [0.3, 0.4) is 0 Å². The first-order valence-electron chi connectivity index (χ1n) is 8.73. The molecule has 0 saturated carbocycles. The van der Waals surface area contributed by atoms with Crippen LogP contribution in [0.25, 0.3) is 10.6 Å². The zero-order valence-electron chi connectivity index (χ0n) is 16.4. The number of aromatic nitrogens is 2. The zero-order valence-corrected chi connectivity index (χ0v) is 18.8. The Kier molecular flexibility index (Phi) is 6.59. The summed E-state index contributed by atoms with van der Waals surface area (Å²) in [6, 6.07) is 12.5. The summed E-state index contributed by atoms with van der Waals surface area (Å²) in [5.74, 6) is -0.0625. The lowest BCUT2D eigenvalue weighted by Crippen LogP contribution is -2.45. The minimum Gasteiger partial charge on any atom is -0.497 e. The standard InChI is InChI=1S/C19H19ClN4O4S2/c1-12(24(30(3,26)27)15-5-4-6-16(11-15)28-2)17(25)21-19-23-22-18(29-19)13-7-9-14(20)10-8-13/h4-12H,1-3H3,(H,21,23,25)/t12-/m1/s1. The van der Waals surface area contributed by atoms with E-state index in [0.717, 1.165) is 16.1 Å². The molecule has 0 aliphatic rings. The Hall–Kier alpha value is -2.69. The lowest BCUT2D eigenvalue weighted by Gasteiger charge is -2.28. The van der Waals surface area contributed by atoms with Crippen LogP contribution < -0.4 is 14.4 Å². The van der Waals surface area contributed by atoms with Crippen molar-refractivity contribution in [2.24, 2.45) is 0 Å². The molecule has 8 nitrogen and oxygen atoms in total. The van der Waals surface area contributed by atoms with Crippen molar-refractivity contribution >= 4 is 49.7 Å². The van der Waals surface area contributed by atoms with Crippen LogP contribution in [0.4, 0.5) is 10.8 Å². The van der Waals surface area contributed by atoms with E-state index < -0.39 is 22.0 Å². The Labute approximate surface area is 183 Å². The summed E-state index contributed by atoms with van der Waals surface area (Å²) in [5.41, 5.74) is 1.12. The fourth-order valence-corrected chi connectivity index (χ4v) is 4.79. The molecule has 158 valence electrons. The zero-order chi connectivity index (χ0) is 21.9. The SMILES string of the molecule is COc1cccc(N([C@H](C)C(=O)Nc2nnc(-c3ccc(Cl)cc3)s2)S(C)(=O)=O)c1. The minimum absolute atomic E-state index is 0.260. The molecule has 3 rings (SSSR count). The highest BCUT2D eigenvalue weighted by Gasteiger charge is 2.30. The van der Waals surface area contributed by atoms with E-state index in [1.807, 2.05) is 0 Å². The van der Waals surface area contributed by atoms with Gasteiger partial charge in [0.25, 0.3) is 0 Å². The molecule has 1 atom stereocenters. The van der Waals surface area contributed by atoms with Crippen molar-refractivity contribution in [1.29, 1.82) is 0 Å². The molecule has 0 bridgehead atoms. The summed E-state index contributed by atoms with van der Waals surface area (Å²) in [6.45, 7) is 1.50. The third kappa shape index (κ3) is 5.07. The number of anilines is 2. The van der Waals surface area contributed by atoms with Crippen LogP contribution in [0.2, 0.25) is 5.02 Å². The molecule has 1 heterocycles. The molecule has 1 aromatic heterocycles. The van der Waals surface area contributed by atoms with Crippen LogP contribution in [0.1, 0.15) is 6.92 Å². The van der Waals surface area contributed by atoms with Crippen LogP contribution in [0.5, 0.6) is 5.75 Å². The fourth-order valence-electron chi connectivity index (χ4n) is 2.75. The molecule has 0 unspecified atom stereocenters. The van der Waals surface area contributed by atoms with E-state index in [1.54, 1.807) is 48.5 Å². The smallest absolute Gasteiger partial charge is 0.249 e. The number of carbonyl (C=O) groups is 1. The van der Waals surface area contributed by atoms with E-state index in [9.17, 15) is 13.2 Å². The van der Waals surface area contributed by atoms with Crippen molar-refractivity contribution in [3.63, 3.8) is 0 Å². The average molecular weight is 467 g/mol. The number of rotatable bonds is 7. The van der Waals surface area contributed by atoms with E-state index in [1.165, 1.54) is 25.4 Å². The molecular formula is C19H19ClN4O4S2. The maximum atomic E-state index is 12.8. The summed E-state index contributed by atoms with van der Waals surface area (Å²) in [7, 11) is -2.27. The van der Waals surface area contributed by atoms with Gasteiger partial charge in [-0.05, 0) is 31.2 Å². The molecule has 2 aromatic carbocycles. The summed E-state index contributed by atoms with van der Waals surface area (Å²) in [5, 5.41) is 12.1. The molecule has 0 aliphatic heterocycles. The van der Waals surface area contributed by atoms with E-state index in [2.05, 4.69) is 15.5 Å². The second kappa shape index (κ2) is 8.99. The summed E-state index contributed by atoms with van der Waals surface area (Å²) < 4.78 is 31.0. The molecule has 1 amide bonds. The highest BCUT2D eigenvalue weighted by atomic mass is 35.5. The summed E-state index contributed by atoms with van der Waals surface area (Å²) >= 11 is 7.07. The van der Waals surface area contributed by atoms with Gasteiger partial charge in [0.2, 0.25) is 21.1 Å². The number of hydrogen-bond acceptors (Lipinski definition) is 7. The van der Waals surface area contributed by atoms with Gasteiger partial charge in [-0.1, -0.05) is 41.1 Å². The molecule has 0 fully saturated rings. The number of benzene rings is 2.